The van der Waals surface area contributed by atoms with E-state index in [9.17, 15) is 36.6 Å². The summed E-state index contributed by atoms with van der Waals surface area (Å²) in [4.78, 5) is 28.9. The van der Waals surface area contributed by atoms with Crippen LogP contribution in [0.25, 0.3) is 0 Å². The van der Waals surface area contributed by atoms with Gasteiger partial charge in [0.2, 0.25) is 11.7 Å². The average Bonchev–Trinajstić information content (AvgIpc) is 3.15. The molecule has 15 heteroatoms. The molecule has 39 heavy (non-hydrogen) atoms. The first-order valence-corrected chi connectivity index (χ1v) is 11.5. The molecule has 0 aliphatic carbocycles. The number of methoxy groups -OCH3 is 1. The molecule has 0 saturated carbocycles. The number of nitrogens with zero attached hydrogens (tertiary/aromatic N) is 1. The fourth-order valence-corrected chi connectivity index (χ4v) is 4.27. The largest absolute Gasteiger partial charge is 0.493 e. The number of nitrogens with one attached hydrogen (secondary N) is 1. The van der Waals surface area contributed by atoms with Crippen LogP contribution in [0.1, 0.15) is 35.8 Å². The Morgan fingerprint density at radius 1 is 1.28 bits per heavy atom. The molecule has 2 amide bonds. The highest BCUT2D eigenvalue weighted by Crippen LogP contribution is 2.55. The van der Waals surface area contributed by atoms with Gasteiger partial charge in [0.1, 0.15) is 24.5 Å². The Hall–Kier alpha value is -3.56. The lowest BCUT2D eigenvalue weighted by molar-refractivity contribution is -0.272. The second kappa shape index (κ2) is 11.3. The number of aromatic nitrogens is 1. The first kappa shape index (κ1) is 30.0. The average molecular weight is 563 g/mol. The number of aliphatic hydroxyl groups excluding tert-OH is 2. The van der Waals surface area contributed by atoms with Crippen LogP contribution in [0, 0.1) is 17.6 Å². The smallest absolute Gasteiger partial charge is 0.417 e. The highest BCUT2D eigenvalue weighted by atomic mass is 19.4. The minimum Gasteiger partial charge on any atom is -0.493 e. The van der Waals surface area contributed by atoms with Gasteiger partial charge in [-0.15, -0.1) is 0 Å². The lowest BCUT2D eigenvalue weighted by atomic mass is 9.77. The second-order valence-corrected chi connectivity index (χ2v) is 9.02. The number of carbonyl (C=O) groups excluding carboxylic acids is 2. The summed E-state index contributed by atoms with van der Waals surface area (Å²) < 4.78 is 86.1. The number of nitrogens with two attached hydrogens (primary N) is 1. The molecule has 10 nitrogen and oxygen atoms in total. The third-order valence-electron chi connectivity index (χ3n) is 6.53. The summed E-state index contributed by atoms with van der Waals surface area (Å²) >= 11 is 0. The number of alkyl halides is 3. The molecule has 214 valence electrons. The lowest BCUT2D eigenvalue weighted by Gasteiger charge is -2.32. The summed E-state index contributed by atoms with van der Waals surface area (Å²) in [6.45, 7) is 0.788. The molecule has 1 saturated heterocycles. The number of carbonyl (C=O) groups is 2. The Labute approximate surface area is 218 Å². The molecule has 5 N–H and O–H groups in total. The number of anilines is 1. The lowest BCUT2D eigenvalue weighted by Crippen LogP contribution is -2.47. The fraction of sp³-hybridized carbons (Fsp3) is 0.458. The van der Waals surface area contributed by atoms with Gasteiger partial charge in [-0.05, 0) is 19.1 Å². The molecule has 1 aromatic carbocycles. The molecule has 0 radical (unpaired) electrons. The van der Waals surface area contributed by atoms with E-state index in [2.05, 4.69) is 10.3 Å². The molecule has 1 fully saturated rings. The number of amides is 2. The van der Waals surface area contributed by atoms with Gasteiger partial charge < -0.3 is 35.5 Å². The number of rotatable bonds is 9. The maximum atomic E-state index is 14.5. The zero-order chi connectivity index (χ0) is 29.3. The van der Waals surface area contributed by atoms with Crippen molar-refractivity contribution in [2.75, 3.05) is 25.6 Å². The zero-order valence-corrected chi connectivity index (χ0v) is 20.9. The quantitative estimate of drug-likeness (QED) is 0.339. The zero-order valence-electron chi connectivity index (χ0n) is 20.9. The predicted octanol–water partition coefficient (Wildman–Crippen LogP) is 2.28. The third kappa shape index (κ3) is 5.89. The molecule has 1 aliphatic rings. The van der Waals surface area contributed by atoms with Crippen LogP contribution in [0.15, 0.2) is 24.3 Å². The molecular weight excluding hydrogens is 537 g/mol. The van der Waals surface area contributed by atoms with E-state index in [0.717, 1.165) is 39.2 Å². The topological polar surface area (TPSA) is 153 Å². The van der Waals surface area contributed by atoms with E-state index in [1.807, 2.05) is 0 Å². The number of halogens is 5. The Morgan fingerprint density at radius 2 is 1.95 bits per heavy atom. The highest BCUT2D eigenvalue weighted by Gasteiger charge is 2.66. The SMILES string of the molecule is COc1c([C@H]2[C@H](C(=O)Nc3cc(OC[C@@H](O)CO)nc(C(N)=O)c3)O[C@@](C)(C(F)(F)F)[C@H]2C)ccc(F)c1F. The van der Waals surface area contributed by atoms with E-state index in [4.69, 9.17) is 25.1 Å². The van der Waals surface area contributed by atoms with E-state index in [1.165, 1.54) is 0 Å². The molecule has 1 aromatic heterocycles. The number of aliphatic hydroxyl groups is 2. The number of hydrogen-bond acceptors (Lipinski definition) is 8. The van der Waals surface area contributed by atoms with Crippen LogP contribution in [0.4, 0.5) is 27.6 Å². The van der Waals surface area contributed by atoms with Crippen LogP contribution < -0.4 is 20.5 Å². The number of ether oxygens (including phenoxy) is 3. The molecule has 2 aromatic rings. The summed E-state index contributed by atoms with van der Waals surface area (Å²) in [5, 5.41) is 20.7. The monoisotopic (exact) mass is 563 g/mol. The van der Waals surface area contributed by atoms with Crippen LogP contribution >= 0.6 is 0 Å². The normalized spacial score (nSPS) is 23.8. The Morgan fingerprint density at radius 3 is 2.51 bits per heavy atom. The van der Waals surface area contributed by atoms with Crippen molar-refractivity contribution in [2.24, 2.45) is 11.7 Å². The Balaban J connectivity index is 2.04. The second-order valence-electron chi connectivity index (χ2n) is 9.02. The summed E-state index contributed by atoms with van der Waals surface area (Å²) in [5.74, 6) is -8.87. The van der Waals surface area contributed by atoms with Crippen LogP contribution in [-0.4, -0.2) is 71.3 Å². The van der Waals surface area contributed by atoms with E-state index in [1.54, 1.807) is 0 Å². The minimum atomic E-state index is -4.96. The van der Waals surface area contributed by atoms with E-state index < -0.39 is 83.9 Å². The molecule has 0 unspecified atom stereocenters. The van der Waals surface area contributed by atoms with Gasteiger partial charge in [0, 0.05) is 29.2 Å². The first-order valence-electron chi connectivity index (χ1n) is 11.5. The van der Waals surface area contributed by atoms with Crippen molar-refractivity contribution in [1.82, 2.24) is 4.98 Å². The van der Waals surface area contributed by atoms with Gasteiger partial charge in [-0.3, -0.25) is 9.59 Å². The molecule has 5 atom stereocenters. The van der Waals surface area contributed by atoms with Crippen molar-refractivity contribution >= 4 is 17.5 Å². The van der Waals surface area contributed by atoms with Gasteiger partial charge in [0.05, 0.1) is 13.7 Å². The molecular formula is C24H26F5N3O7. The van der Waals surface area contributed by atoms with Gasteiger partial charge >= 0.3 is 6.18 Å². The first-order chi connectivity index (χ1) is 18.1. The van der Waals surface area contributed by atoms with Crippen molar-refractivity contribution in [2.45, 2.75) is 43.8 Å². The van der Waals surface area contributed by atoms with Crippen LogP contribution in [0.3, 0.4) is 0 Å². The maximum absolute atomic E-state index is 14.5. The van der Waals surface area contributed by atoms with Crippen LogP contribution in [-0.2, 0) is 9.53 Å². The van der Waals surface area contributed by atoms with Crippen molar-refractivity contribution < 1.29 is 56.0 Å². The molecule has 2 heterocycles. The van der Waals surface area contributed by atoms with Gasteiger partial charge in [0.15, 0.2) is 17.2 Å². The minimum absolute atomic E-state index is 0.190. The van der Waals surface area contributed by atoms with Crippen molar-refractivity contribution in [3.05, 3.63) is 47.2 Å². The summed E-state index contributed by atoms with van der Waals surface area (Å²) in [6, 6.07) is 3.82. The number of benzene rings is 1. The highest BCUT2D eigenvalue weighted by molar-refractivity contribution is 5.97. The van der Waals surface area contributed by atoms with Crippen LogP contribution in [0.2, 0.25) is 0 Å². The molecule has 0 spiro atoms. The van der Waals surface area contributed by atoms with Gasteiger partial charge in [-0.1, -0.05) is 13.0 Å². The van der Waals surface area contributed by atoms with Crippen molar-refractivity contribution in [3.8, 4) is 11.6 Å². The van der Waals surface area contributed by atoms with Crippen molar-refractivity contribution in [1.29, 1.82) is 0 Å². The number of pyridine rings is 1. The van der Waals surface area contributed by atoms with Crippen LogP contribution in [0.5, 0.6) is 11.6 Å². The van der Waals surface area contributed by atoms with Gasteiger partial charge in [-0.25, -0.2) is 9.37 Å². The third-order valence-corrected chi connectivity index (χ3v) is 6.53. The molecule has 1 aliphatic heterocycles. The van der Waals surface area contributed by atoms with E-state index in [0.29, 0.717) is 6.07 Å². The maximum Gasteiger partial charge on any atom is 0.417 e. The van der Waals surface area contributed by atoms with Gasteiger partial charge in [0.25, 0.3) is 11.8 Å². The molecule has 3 rings (SSSR count). The van der Waals surface area contributed by atoms with Gasteiger partial charge in [-0.2, -0.15) is 17.6 Å². The summed E-state index contributed by atoms with van der Waals surface area (Å²) in [6.07, 6.45) is -8.16. The standard InChI is InChI=1S/C24H26F5N3O7/c1-10-17(13-4-5-14(25)18(26)19(13)37-3)20(39-23(10,2)24(27,28)29)22(36)31-11-6-15(21(30)35)32-16(7-11)38-9-12(34)8-33/h4-7,10,12,17,20,33-34H,8-9H2,1-3H3,(H2,30,35)(H,31,32,36)/t10-,12-,17-,20+,23+/m0/s1. The summed E-state index contributed by atoms with van der Waals surface area (Å²) in [7, 11) is 0.997. The van der Waals surface area contributed by atoms with Crippen molar-refractivity contribution in [3.63, 3.8) is 0 Å². The Bertz CT molecular complexity index is 1250. The number of primary amides is 1. The fourth-order valence-electron chi connectivity index (χ4n) is 4.27. The predicted molar refractivity (Wildman–Crippen MR) is 124 cm³/mol. The summed E-state index contributed by atoms with van der Waals surface area (Å²) in [5.41, 5.74) is 1.56. The molecule has 0 bridgehead atoms. The Kier molecular flexibility index (Phi) is 8.67. The number of hydrogen-bond donors (Lipinski definition) is 4. The van der Waals surface area contributed by atoms with E-state index >= 15 is 0 Å². The van der Waals surface area contributed by atoms with E-state index in [-0.39, 0.29) is 17.1 Å².